The number of aromatic nitrogens is 2. The van der Waals surface area contributed by atoms with E-state index >= 15 is 0 Å². The molecule has 0 amide bonds. The van der Waals surface area contributed by atoms with Crippen molar-refractivity contribution in [2.45, 2.75) is 56.4 Å². The third-order valence-electron chi connectivity index (χ3n) is 3.78. The first-order valence-electron chi connectivity index (χ1n) is 7.32. The second-order valence-electron chi connectivity index (χ2n) is 5.40. The minimum atomic E-state index is -3.44. The second kappa shape index (κ2) is 7.19. The molecule has 2 rings (SSSR count). The molecule has 0 spiro atoms. The number of nitrogens with one attached hydrogen (secondary N) is 3. The molecule has 0 aromatic carbocycles. The number of aromatic amines is 1. The minimum Gasteiger partial charge on any atom is -0.313 e. The van der Waals surface area contributed by atoms with Gasteiger partial charge >= 0.3 is 0 Å². The molecular formula is C13H24N4O2S. The summed E-state index contributed by atoms with van der Waals surface area (Å²) in [6.45, 7) is 2.77. The zero-order chi connectivity index (χ0) is 14.4. The third-order valence-corrected chi connectivity index (χ3v) is 5.35. The third kappa shape index (κ3) is 4.29. The van der Waals surface area contributed by atoms with Gasteiger partial charge in [-0.05, 0) is 19.8 Å². The van der Waals surface area contributed by atoms with Gasteiger partial charge in [0.25, 0.3) is 0 Å². The lowest BCUT2D eigenvalue weighted by atomic mass is 10.1. The summed E-state index contributed by atoms with van der Waals surface area (Å²) in [5.74, 6) is 0. The van der Waals surface area contributed by atoms with Crippen molar-refractivity contribution in [3.63, 3.8) is 0 Å². The average molecular weight is 300 g/mol. The highest BCUT2D eigenvalue weighted by Crippen LogP contribution is 2.16. The zero-order valence-electron chi connectivity index (χ0n) is 12.0. The lowest BCUT2D eigenvalue weighted by Gasteiger charge is -2.16. The number of hydrogen-bond acceptors (Lipinski definition) is 4. The van der Waals surface area contributed by atoms with E-state index in [-0.39, 0.29) is 4.90 Å². The molecular weight excluding hydrogens is 276 g/mol. The van der Waals surface area contributed by atoms with Gasteiger partial charge in [-0.15, -0.1) is 0 Å². The van der Waals surface area contributed by atoms with Crippen molar-refractivity contribution in [1.82, 2.24) is 20.2 Å². The predicted molar refractivity (Wildman–Crippen MR) is 78.0 cm³/mol. The van der Waals surface area contributed by atoms with Gasteiger partial charge in [0.05, 0.1) is 11.9 Å². The van der Waals surface area contributed by atoms with Crippen LogP contribution in [0.5, 0.6) is 0 Å². The van der Waals surface area contributed by atoms with Gasteiger partial charge < -0.3 is 5.32 Å². The lowest BCUT2D eigenvalue weighted by molar-refractivity contribution is 0.461. The van der Waals surface area contributed by atoms with Crippen LogP contribution in [0.1, 0.15) is 44.2 Å². The smallest absolute Gasteiger partial charge is 0.243 e. The molecule has 0 atom stereocenters. The van der Waals surface area contributed by atoms with Crippen LogP contribution in [-0.2, 0) is 10.0 Å². The van der Waals surface area contributed by atoms with Gasteiger partial charge in [-0.3, -0.25) is 5.10 Å². The zero-order valence-corrected chi connectivity index (χ0v) is 12.8. The van der Waals surface area contributed by atoms with Crippen molar-refractivity contribution in [3.05, 3.63) is 11.9 Å². The molecule has 0 aliphatic heterocycles. The van der Waals surface area contributed by atoms with Gasteiger partial charge in [0, 0.05) is 19.1 Å². The van der Waals surface area contributed by atoms with Crippen LogP contribution in [-0.4, -0.2) is 37.7 Å². The molecule has 1 heterocycles. The van der Waals surface area contributed by atoms with E-state index in [0.29, 0.717) is 24.8 Å². The summed E-state index contributed by atoms with van der Waals surface area (Å²) in [7, 11) is -3.44. The summed E-state index contributed by atoms with van der Waals surface area (Å²) in [6.07, 6.45) is 8.95. The van der Waals surface area contributed by atoms with Crippen LogP contribution in [0, 0.1) is 6.92 Å². The largest absolute Gasteiger partial charge is 0.313 e. The quantitative estimate of drug-likeness (QED) is 0.546. The van der Waals surface area contributed by atoms with E-state index in [0.717, 1.165) is 0 Å². The minimum absolute atomic E-state index is 0.229. The van der Waals surface area contributed by atoms with Gasteiger partial charge in [0.1, 0.15) is 4.90 Å². The highest BCUT2D eigenvalue weighted by molar-refractivity contribution is 7.89. The lowest BCUT2D eigenvalue weighted by Crippen LogP contribution is -2.36. The van der Waals surface area contributed by atoms with Crippen LogP contribution in [0.25, 0.3) is 0 Å². The van der Waals surface area contributed by atoms with Crippen LogP contribution in [0.2, 0.25) is 0 Å². The first kappa shape index (κ1) is 15.5. The van der Waals surface area contributed by atoms with Crippen LogP contribution >= 0.6 is 0 Å². The summed E-state index contributed by atoms with van der Waals surface area (Å²) in [6, 6.07) is 0.540. The van der Waals surface area contributed by atoms with E-state index in [4.69, 9.17) is 0 Å². The highest BCUT2D eigenvalue weighted by atomic mass is 32.2. The first-order chi connectivity index (χ1) is 9.59. The molecule has 1 fully saturated rings. The predicted octanol–water partition coefficient (Wildman–Crippen LogP) is 1.31. The Kier molecular flexibility index (Phi) is 5.56. The normalized spacial score (nSPS) is 18.1. The standard InChI is InChI=1S/C13H24N4O2S/c1-11-13(10-15-17-11)20(18,19)16-9-8-14-12-6-4-2-3-5-7-12/h10,12,14,16H,2-9H2,1H3,(H,15,17). The molecule has 0 unspecified atom stereocenters. The Labute approximate surface area is 120 Å². The van der Waals surface area contributed by atoms with E-state index in [9.17, 15) is 8.42 Å². The maximum atomic E-state index is 12.0. The van der Waals surface area contributed by atoms with Crippen LogP contribution in [0.3, 0.4) is 0 Å². The Morgan fingerprint density at radius 1 is 1.25 bits per heavy atom. The molecule has 1 aromatic heterocycles. The number of H-pyrrole nitrogens is 1. The molecule has 114 valence electrons. The number of hydrogen-bond donors (Lipinski definition) is 3. The number of nitrogens with zero attached hydrogens (tertiary/aromatic N) is 1. The molecule has 20 heavy (non-hydrogen) atoms. The van der Waals surface area contributed by atoms with Gasteiger partial charge in [-0.1, -0.05) is 25.7 Å². The summed E-state index contributed by atoms with van der Waals surface area (Å²) in [5.41, 5.74) is 0.564. The molecule has 0 radical (unpaired) electrons. The van der Waals surface area contributed by atoms with Crippen molar-refractivity contribution in [2.24, 2.45) is 0 Å². The van der Waals surface area contributed by atoms with E-state index in [1.807, 2.05) is 0 Å². The fourth-order valence-corrected chi connectivity index (χ4v) is 3.80. The fourth-order valence-electron chi connectivity index (χ4n) is 2.63. The molecule has 1 aliphatic rings. The summed E-state index contributed by atoms with van der Waals surface area (Å²) in [4.78, 5) is 0.229. The Balaban J connectivity index is 1.74. The van der Waals surface area contributed by atoms with Crippen molar-refractivity contribution in [3.8, 4) is 0 Å². The van der Waals surface area contributed by atoms with E-state index < -0.39 is 10.0 Å². The molecule has 7 heteroatoms. The molecule has 1 aromatic rings. The van der Waals surface area contributed by atoms with Crippen molar-refractivity contribution < 1.29 is 8.42 Å². The van der Waals surface area contributed by atoms with Crippen molar-refractivity contribution in [1.29, 1.82) is 0 Å². The Morgan fingerprint density at radius 3 is 2.55 bits per heavy atom. The number of sulfonamides is 1. The van der Waals surface area contributed by atoms with Crippen LogP contribution < -0.4 is 10.0 Å². The topological polar surface area (TPSA) is 86.9 Å². The molecule has 1 aliphatic carbocycles. The number of rotatable bonds is 6. The summed E-state index contributed by atoms with van der Waals surface area (Å²) in [5, 5.41) is 9.82. The maximum Gasteiger partial charge on any atom is 0.243 e. The summed E-state index contributed by atoms with van der Waals surface area (Å²) >= 11 is 0. The van der Waals surface area contributed by atoms with Crippen molar-refractivity contribution >= 4 is 10.0 Å². The summed E-state index contributed by atoms with van der Waals surface area (Å²) < 4.78 is 26.6. The molecule has 0 bridgehead atoms. The molecule has 6 nitrogen and oxygen atoms in total. The maximum absolute atomic E-state index is 12.0. The van der Waals surface area contributed by atoms with Gasteiger partial charge in [0.2, 0.25) is 10.0 Å². The average Bonchev–Trinajstić information content (AvgIpc) is 2.70. The first-order valence-corrected chi connectivity index (χ1v) is 8.81. The molecule has 3 N–H and O–H groups in total. The Hall–Kier alpha value is -0.920. The van der Waals surface area contributed by atoms with Crippen LogP contribution in [0.4, 0.5) is 0 Å². The van der Waals surface area contributed by atoms with E-state index in [1.54, 1.807) is 6.92 Å². The Bertz CT molecular complexity index is 504. The molecule has 1 saturated carbocycles. The monoisotopic (exact) mass is 300 g/mol. The van der Waals surface area contributed by atoms with E-state index in [1.165, 1.54) is 44.7 Å². The molecule has 0 saturated heterocycles. The second-order valence-corrected chi connectivity index (χ2v) is 7.14. The fraction of sp³-hybridized carbons (Fsp3) is 0.769. The highest BCUT2D eigenvalue weighted by Gasteiger charge is 2.18. The van der Waals surface area contributed by atoms with Crippen molar-refractivity contribution in [2.75, 3.05) is 13.1 Å². The van der Waals surface area contributed by atoms with Gasteiger partial charge in [0.15, 0.2) is 0 Å². The van der Waals surface area contributed by atoms with Gasteiger partial charge in [-0.2, -0.15) is 5.10 Å². The number of aryl methyl sites for hydroxylation is 1. The SMILES string of the molecule is Cc1[nH]ncc1S(=O)(=O)NCCNC1CCCCCC1. The Morgan fingerprint density at radius 2 is 1.95 bits per heavy atom. The van der Waals surface area contributed by atoms with E-state index in [2.05, 4.69) is 20.2 Å². The van der Waals surface area contributed by atoms with Gasteiger partial charge in [-0.25, -0.2) is 13.1 Å². The van der Waals surface area contributed by atoms with Crippen LogP contribution in [0.15, 0.2) is 11.1 Å².